The van der Waals surface area contributed by atoms with Crippen molar-refractivity contribution in [3.8, 4) is 0 Å². The highest BCUT2D eigenvalue weighted by Gasteiger charge is 2.41. The number of rotatable bonds is 7. The van der Waals surface area contributed by atoms with Gasteiger partial charge in [-0.25, -0.2) is 13.6 Å². The fraction of sp³-hybridized carbons (Fsp3) is 0.591. The number of hydrogen-bond acceptors (Lipinski definition) is 4. The van der Waals surface area contributed by atoms with Gasteiger partial charge in [0, 0.05) is 25.7 Å². The number of benzene rings is 1. The van der Waals surface area contributed by atoms with Gasteiger partial charge in [-0.15, -0.1) is 0 Å². The van der Waals surface area contributed by atoms with E-state index in [1.807, 2.05) is 6.92 Å². The van der Waals surface area contributed by atoms with Crippen molar-refractivity contribution >= 4 is 18.3 Å². The SMILES string of the molecule is CC1(N(Cc2ccc(F)c(F)c2)C(=O)CN(C=O)C2CCCCC2)CNC1.O=C(O)C(F)(F)F. The third kappa shape index (κ3) is 7.37. The molecule has 2 fully saturated rings. The van der Waals surface area contributed by atoms with Crippen LogP contribution in [0.25, 0.3) is 0 Å². The summed E-state index contributed by atoms with van der Waals surface area (Å²) >= 11 is 0. The molecule has 0 spiro atoms. The van der Waals surface area contributed by atoms with Gasteiger partial charge in [0.1, 0.15) is 0 Å². The lowest BCUT2D eigenvalue weighted by Gasteiger charge is -2.49. The van der Waals surface area contributed by atoms with Crippen molar-refractivity contribution in [1.29, 1.82) is 0 Å². The minimum absolute atomic E-state index is 0.0213. The zero-order chi connectivity index (χ0) is 25.5. The van der Waals surface area contributed by atoms with Crippen LogP contribution in [0.4, 0.5) is 22.0 Å². The Labute approximate surface area is 193 Å². The first-order valence-electron chi connectivity index (χ1n) is 10.8. The molecule has 1 saturated heterocycles. The van der Waals surface area contributed by atoms with Gasteiger partial charge in [-0.05, 0) is 37.5 Å². The van der Waals surface area contributed by atoms with Crippen LogP contribution in [-0.4, -0.2) is 70.6 Å². The van der Waals surface area contributed by atoms with Crippen LogP contribution in [0, 0.1) is 11.6 Å². The van der Waals surface area contributed by atoms with Crippen molar-refractivity contribution in [2.45, 2.75) is 63.3 Å². The number of nitrogens with zero attached hydrogens (tertiary/aromatic N) is 2. The lowest BCUT2D eigenvalue weighted by Crippen LogP contribution is -2.69. The molecule has 1 heterocycles. The van der Waals surface area contributed by atoms with Crippen molar-refractivity contribution in [2.24, 2.45) is 0 Å². The summed E-state index contributed by atoms with van der Waals surface area (Å²) in [5, 5.41) is 10.3. The Bertz CT molecular complexity index is 871. The molecule has 12 heteroatoms. The number of hydrogen-bond donors (Lipinski definition) is 2. The van der Waals surface area contributed by atoms with Crippen LogP contribution >= 0.6 is 0 Å². The van der Waals surface area contributed by atoms with Gasteiger partial charge in [0.25, 0.3) is 0 Å². The number of carbonyl (C=O) groups excluding carboxylic acids is 2. The maximum Gasteiger partial charge on any atom is 0.490 e. The van der Waals surface area contributed by atoms with Gasteiger partial charge in [0.2, 0.25) is 12.3 Å². The molecule has 1 saturated carbocycles. The first-order chi connectivity index (χ1) is 15.9. The van der Waals surface area contributed by atoms with Crippen LogP contribution in [0.2, 0.25) is 0 Å². The van der Waals surface area contributed by atoms with Gasteiger partial charge < -0.3 is 20.2 Å². The van der Waals surface area contributed by atoms with E-state index in [0.717, 1.165) is 44.2 Å². The quantitative estimate of drug-likeness (QED) is 0.450. The van der Waals surface area contributed by atoms with E-state index in [1.165, 1.54) is 12.5 Å². The van der Waals surface area contributed by atoms with E-state index in [-0.39, 0.29) is 25.0 Å². The minimum Gasteiger partial charge on any atom is -0.475 e. The number of carboxylic acids is 1. The summed E-state index contributed by atoms with van der Waals surface area (Å²) in [5.41, 5.74) is 0.133. The summed E-state index contributed by atoms with van der Waals surface area (Å²) in [7, 11) is 0. The molecule has 3 rings (SSSR count). The van der Waals surface area contributed by atoms with Gasteiger partial charge in [-0.1, -0.05) is 25.3 Å². The fourth-order valence-electron chi connectivity index (χ4n) is 3.98. The van der Waals surface area contributed by atoms with E-state index in [0.29, 0.717) is 18.7 Å². The second-order valence-corrected chi connectivity index (χ2v) is 8.70. The van der Waals surface area contributed by atoms with Crippen molar-refractivity contribution in [2.75, 3.05) is 19.6 Å². The lowest BCUT2D eigenvalue weighted by atomic mass is 9.91. The largest absolute Gasteiger partial charge is 0.490 e. The molecule has 1 aliphatic carbocycles. The van der Waals surface area contributed by atoms with Gasteiger partial charge in [0.15, 0.2) is 11.6 Å². The van der Waals surface area contributed by atoms with E-state index in [2.05, 4.69) is 5.32 Å². The Hall–Kier alpha value is -2.76. The zero-order valence-electron chi connectivity index (χ0n) is 18.7. The van der Waals surface area contributed by atoms with Crippen molar-refractivity contribution in [1.82, 2.24) is 15.1 Å². The highest BCUT2D eigenvalue weighted by molar-refractivity contribution is 5.81. The number of aliphatic carboxylic acids is 1. The summed E-state index contributed by atoms with van der Waals surface area (Å²) in [6, 6.07) is 3.81. The second-order valence-electron chi connectivity index (χ2n) is 8.70. The highest BCUT2D eigenvalue weighted by Crippen LogP contribution is 2.26. The Morgan fingerprint density at radius 2 is 1.74 bits per heavy atom. The smallest absolute Gasteiger partial charge is 0.475 e. The standard InChI is InChI=1S/C20H27F2N3O2.C2HF3O2/c1-20(12-23-13-20)25(10-15-7-8-17(21)18(22)9-15)19(27)11-24(14-26)16-5-3-2-4-6-16;3-2(4,5)1(6)7/h7-9,14,16,23H,2-6,10-13H2,1H3;(H,6,7). The van der Waals surface area contributed by atoms with E-state index in [1.54, 1.807) is 9.80 Å². The topological polar surface area (TPSA) is 90.0 Å². The number of alkyl halides is 3. The average Bonchev–Trinajstić information content (AvgIpc) is 2.76. The molecule has 0 radical (unpaired) electrons. The summed E-state index contributed by atoms with van der Waals surface area (Å²) < 4.78 is 58.5. The number of amides is 2. The van der Waals surface area contributed by atoms with Gasteiger partial charge in [-0.2, -0.15) is 13.2 Å². The van der Waals surface area contributed by atoms with Crippen LogP contribution in [0.5, 0.6) is 0 Å². The summed E-state index contributed by atoms with van der Waals surface area (Å²) in [5.74, 6) is -4.75. The molecule has 2 aliphatic rings. The Morgan fingerprint density at radius 3 is 2.18 bits per heavy atom. The van der Waals surface area contributed by atoms with Crippen molar-refractivity contribution in [3.05, 3.63) is 35.4 Å². The lowest BCUT2D eigenvalue weighted by molar-refractivity contribution is -0.192. The van der Waals surface area contributed by atoms with Crippen LogP contribution < -0.4 is 5.32 Å². The maximum atomic E-state index is 13.6. The molecule has 1 aromatic carbocycles. The monoisotopic (exact) mass is 493 g/mol. The zero-order valence-corrected chi connectivity index (χ0v) is 18.7. The van der Waals surface area contributed by atoms with Gasteiger partial charge in [0.05, 0.1) is 12.1 Å². The normalized spacial score (nSPS) is 17.6. The Balaban J connectivity index is 0.000000509. The third-order valence-corrected chi connectivity index (χ3v) is 6.03. The van der Waals surface area contributed by atoms with Gasteiger partial charge in [-0.3, -0.25) is 9.59 Å². The summed E-state index contributed by atoms with van der Waals surface area (Å²) in [4.78, 5) is 36.9. The van der Waals surface area contributed by atoms with E-state index >= 15 is 0 Å². The second kappa shape index (κ2) is 11.6. The van der Waals surface area contributed by atoms with Crippen molar-refractivity contribution < 1.29 is 41.4 Å². The van der Waals surface area contributed by atoms with E-state index in [4.69, 9.17) is 9.90 Å². The Morgan fingerprint density at radius 1 is 1.15 bits per heavy atom. The molecule has 1 aliphatic heterocycles. The molecule has 0 unspecified atom stereocenters. The number of carboxylic acid groups (broad SMARTS) is 1. The molecule has 0 aromatic heterocycles. The summed E-state index contributed by atoms with van der Waals surface area (Å²) in [6.45, 7) is 3.44. The molecule has 190 valence electrons. The van der Waals surface area contributed by atoms with E-state index < -0.39 is 29.3 Å². The molecule has 0 atom stereocenters. The molecular weight excluding hydrogens is 465 g/mol. The van der Waals surface area contributed by atoms with Crippen LogP contribution in [0.3, 0.4) is 0 Å². The average molecular weight is 493 g/mol. The first kappa shape index (κ1) is 27.5. The summed E-state index contributed by atoms with van der Waals surface area (Å²) in [6.07, 6.45) is 0.850. The predicted octanol–water partition coefficient (Wildman–Crippen LogP) is 3.08. The first-order valence-corrected chi connectivity index (χ1v) is 10.8. The van der Waals surface area contributed by atoms with Crippen LogP contribution in [0.1, 0.15) is 44.6 Å². The van der Waals surface area contributed by atoms with E-state index in [9.17, 15) is 31.5 Å². The molecular formula is C22H28F5N3O4. The number of nitrogens with one attached hydrogen (secondary N) is 1. The fourth-order valence-corrected chi connectivity index (χ4v) is 3.98. The molecule has 0 bridgehead atoms. The highest BCUT2D eigenvalue weighted by atomic mass is 19.4. The minimum atomic E-state index is -5.08. The predicted molar refractivity (Wildman–Crippen MR) is 112 cm³/mol. The van der Waals surface area contributed by atoms with Crippen LogP contribution in [0.15, 0.2) is 18.2 Å². The third-order valence-electron chi connectivity index (χ3n) is 6.03. The maximum absolute atomic E-state index is 13.6. The van der Waals surface area contributed by atoms with Gasteiger partial charge >= 0.3 is 12.1 Å². The Kier molecular flexibility index (Phi) is 9.37. The molecule has 2 amide bonds. The van der Waals surface area contributed by atoms with Crippen LogP contribution in [-0.2, 0) is 20.9 Å². The molecule has 2 N–H and O–H groups in total. The molecule has 7 nitrogen and oxygen atoms in total. The number of carbonyl (C=O) groups is 3. The van der Waals surface area contributed by atoms with Crippen molar-refractivity contribution in [3.63, 3.8) is 0 Å². The molecule has 1 aromatic rings. The molecule has 34 heavy (non-hydrogen) atoms. The number of halogens is 5.